The van der Waals surface area contributed by atoms with E-state index in [0.717, 1.165) is 31.0 Å². The molecule has 0 aromatic heterocycles. The number of rotatable bonds is 6. The molecule has 0 aliphatic rings. The summed E-state index contributed by atoms with van der Waals surface area (Å²) >= 11 is 0. The number of hydrogen-bond donors (Lipinski definition) is 2. The quantitative estimate of drug-likeness (QED) is 0.611. The molecule has 0 aliphatic carbocycles. The Morgan fingerprint density at radius 3 is 1.27 bits per heavy atom. The van der Waals surface area contributed by atoms with Crippen molar-refractivity contribution in [3.63, 3.8) is 0 Å². The van der Waals surface area contributed by atoms with Crippen molar-refractivity contribution in [3.8, 4) is 0 Å². The molecule has 3 rings (SSSR count). The SMILES string of the molecule is CC.Nc1ccc(CN(Cc2ccccc2)Cc2ccc(N)cc2)cc1. The molecule has 0 fully saturated rings. The van der Waals surface area contributed by atoms with Crippen LogP contribution in [0.3, 0.4) is 0 Å². The van der Waals surface area contributed by atoms with E-state index in [-0.39, 0.29) is 0 Å². The van der Waals surface area contributed by atoms with Gasteiger partial charge in [0.2, 0.25) is 0 Å². The zero-order chi connectivity index (χ0) is 18.8. The second-order valence-corrected chi connectivity index (χ2v) is 6.11. The molecular formula is C23H29N3. The highest BCUT2D eigenvalue weighted by Crippen LogP contribution is 2.16. The molecule has 0 spiro atoms. The first kappa shape index (κ1) is 19.5. The van der Waals surface area contributed by atoms with E-state index in [1.54, 1.807) is 0 Å². The highest BCUT2D eigenvalue weighted by Gasteiger charge is 2.08. The molecule has 4 N–H and O–H groups in total. The molecule has 136 valence electrons. The van der Waals surface area contributed by atoms with Gasteiger partial charge >= 0.3 is 0 Å². The molecule has 0 bridgehead atoms. The number of nitrogen functional groups attached to an aromatic ring is 2. The van der Waals surface area contributed by atoms with Gasteiger partial charge in [-0.1, -0.05) is 68.4 Å². The van der Waals surface area contributed by atoms with E-state index in [0.29, 0.717) is 0 Å². The van der Waals surface area contributed by atoms with Gasteiger partial charge in [0.25, 0.3) is 0 Å². The number of nitrogens with zero attached hydrogens (tertiary/aromatic N) is 1. The molecule has 3 aromatic rings. The first-order valence-corrected chi connectivity index (χ1v) is 9.14. The van der Waals surface area contributed by atoms with E-state index in [2.05, 4.69) is 53.4 Å². The normalized spacial score (nSPS) is 10.3. The molecule has 0 saturated heterocycles. The summed E-state index contributed by atoms with van der Waals surface area (Å²) in [4.78, 5) is 2.42. The van der Waals surface area contributed by atoms with Crippen molar-refractivity contribution < 1.29 is 0 Å². The maximum absolute atomic E-state index is 5.79. The van der Waals surface area contributed by atoms with Crippen molar-refractivity contribution in [2.24, 2.45) is 0 Å². The smallest absolute Gasteiger partial charge is 0.0314 e. The molecule has 0 atom stereocenters. The van der Waals surface area contributed by atoms with Crippen molar-refractivity contribution in [2.45, 2.75) is 33.5 Å². The van der Waals surface area contributed by atoms with E-state index in [4.69, 9.17) is 11.5 Å². The third-order valence-electron chi connectivity index (χ3n) is 4.02. The lowest BCUT2D eigenvalue weighted by Crippen LogP contribution is -2.22. The number of nitrogens with two attached hydrogens (primary N) is 2. The highest BCUT2D eigenvalue weighted by atomic mass is 15.1. The monoisotopic (exact) mass is 347 g/mol. The van der Waals surface area contributed by atoms with Gasteiger partial charge in [0.1, 0.15) is 0 Å². The summed E-state index contributed by atoms with van der Waals surface area (Å²) in [5.74, 6) is 0. The van der Waals surface area contributed by atoms with Gasteiger partial charge in [-0.3, -0.25) is 4.90 Å². The lowest BCUT2D eigenvalue weighted by molar-refractivity contribution is 0.248. The van der Waals surface area contributed by atoms with Crippen LogP contribution in [0.15, 0.2) is 78.9 Å². The van der Waals surface area contributed by atoms with Crippen LogP contribution < -0.4 is 11.5 Å². The van der Waals surface area contributed by atoms with Crippen molar-refractivity contribution in [2.75, 3.05) is 11.5 Å². The first-order chi connectivity index (χ1) is 12.7. The van der Waals surface area contributed by atoms with Gasteiger partial charge in [-0.15, -0.1) is 0 Å². The van der Waals surface area contributed by atoms with Crippen LogP contribution in [0.25, 0.3) is 0 Å². The topological polar surface area (TPSA) is 55.3 Å². The van der Waals surface area contributed by atoms with Crippen LogP contribution in [0.4, 0.5) is 11.4 Å². The van der Waals surface area contributed by atoms with E-state index in [1.165, 1.54) is 16.7 Å². The minimum Gasteiger partial charge on any atom is -0.399 e. The van der Waals surface area contributed by atoms with Gasteiger partial charge in [-0.2, -0.15) is 0 Å². The summed E-state index contributed by atoms with van der Waals surface area (Å²) in [5, 5.41) is 0. The molecule has 0 radical (unpaired) electrons. The van der Waals surface area contributed by atoms with Gasteiger partial charge < -0.3 is 11.5 Å². The van der Waals surface area contributed by atoms with Gasteiger partial charge in [0.15, 0.2) is 0 Å². The zero-order valence-corrected chi connectivity index (χ0v) is 15.7. The Hall–Kier alpha value is -2.78. The van der Waals surface area contributed by atoms with Crippen LogP contribution in [-0.4, -0.2) is 4.90 Å². The van der Waals surface area contributed by atoms with E-state index < -0.39 is 0 Å². The van der Waals surface area contributed by atoms with Crippen LogP contribution >= 0.6 is 0 Å². The molecule has 0 unspecified atom stereocenters. The fraction of sp³-hybridized carbons (Fsp3) is 0.217. The Bertz CT molecular complexity index is 702. The summed E-state index contributed by atoms with van der Waals surface area (Å²) < 4.78 is 0. The van der Waals surface area contributed by atoms with Crippen LogP contribution in [0.5, 0.6) is 0 Å². The largest absolute Gasteiger partial charge is 0.399 e. The maximum atomic E-state index is 5.79. The lowest BCUT2D eigenvalue weighted by Gasteiger charge is -2.23. The minimum absolute atomic E-state index is 0.798. The molecule has 0 heterocycles. The average Bonchev–Trinajstić information content (AvgIpc) is 2.68. The summed E-state index contributed by atoms with van der Waals surface area (Å²) in [6.07, 6.45) is 0. The molecule has 0 amide bonds. The van der Waals surface area contributed by atoms with Crippen LogP contribution in [-0.2, 0) is 19.6 Å². The van der Waals surface area contributed by atoms with E-state index in [9.17, 15) is 0 Å². The number of hydrogen-bond acceptors (Lipinski definition) is 3. The Kier molecular flexibility index (Phi) is 7.72. The predicted molar refractivity (Wildman–Crippen MR) is 112 cm³/mol. The predicted octanol–water partition coefficient (Wildman–Crippen LogP) is 5.08. The first-order valence-electron chi connectivity index (χ1n) is 9.14. The lowest BCUT2D eigenvalue weighted by atomic mass is 10.1. The summed E-state index contributed by atoms with van der Waals surface area (Å²) in [7, 11) is 0. The molecule has 3 nitrogen and oxygen atoms in total. The van der Waals surface area contributed by atoms with Crippen LogP contribution in [0, 0.1) is 0 Å². The van der Waals surface area contributed by atoms with Gasteiger partial charge in [0, 0.05) is 31.0 Å². The molecule has 26 heavy (non-hydrogen) atoms. The Balaban J connectivity index is 0.00000117. The maximum Gasteiger partial charge on any atom is 0.0314 e. The van der Waals surface area contributed by atoms with Crippen LogP contribution in [0.1, 0.15) is 30.5 Å². The molecule has 3 heteroatoms. The Labute approximate surface area is 157 Å². The van der Waals surface area contributed by atoms with Crippen molar-refractivity contribution >= 4 is 11.4 Å². The van der Waals surface area contributed by atoms with Gasteiger partial charge in [-0.25, -0.2) is 0 Å². The average molecular weight is 348 g/mol. The van der Waals surface area contributed by atoms with Crippen molar-refractivity contribution in [1.82, 2.24) is 4.90 Å². The van der Waals surface area contributed by atoms with E-state index >= 15 is 0 Å². The fourth-order valence-corrected chi connectivity index (χ4v) is 2.77. The minimum atomic E-state index is 0.798. The molecule has 0 saturated carbocycles. The van der Waals surface area contributed by atoms with Crippen molar-refractivity contribution in [1.29, 1.82) is 0 Å². The molecular weight excluding hydrogens is 318 g/mol. The summed E-state index contributed by atoms with van der Waals surface area (Å²) in [6, 6.07) is 26.8. The third kappa shape index (κ3) is 6.26. The second kappa shape index (κ2) is 10.3. The Morgan fingerprint density at radius 2 is 0.885 bits per heavy atom. The van der Waals surface area contributed by atoms with Gasteiger partial charge in [-0.05, 0) is 41.0 Å². The zero-order valence-electron chi connectivity index (χ0n) is 15.7. The molecule has 0 aliphatic heterocycles. The van der Waals surface area contributed by atoms with E-state index in [1.807, 2.05) is 44.2 Å². The number of benzene rings is 3. The standard InChI is InChI=1S/C21H23N3.C2H6/c22-20-10-6-18(7-11-20)15-24(14-17-4-2-1-3-5-17)16-19-8-12-21(23)13-9-19;1-2/h1-13H,14-16,22-23H2;1-2H3. The highest BCUT2D eigenvalue weighted by molar-refractivity contribution is 5.40. The van der Waals surface area contributed by atoms with Crippen LogP contribution in [0.2, 0.25) is 0 Å². The van der Waals surface area contributed by atoms with Crippen molar-refractivity contribution in [3.05, 3.63) is 95.6 Å². The number of anilines is 2. The summed E-state index contributed by atoms with van der Waals surface area (Å²) in [5.41, 5.74) is 17.0. The van der Waals surface area contributed by atoms with Gasteiger partial charge in [0.05, 0.1) is 0 Å². The fourth-order valence-electron chi connectivity index (χ4n) is 2.77. The second-order valence-electron chi connectivity index (χ2n) is 6.11. The Morgan fingerprint density at radius 1 is 0.538 bits per heavy atom. The molecule has 3 aromatic carbocycles. The third-order valence-corrected chi connectivity index (χ3v) is 4.02. The summed E-state index contributed by atoms with van der Waals surface area (Å²) in [6.45, 7) is 6.65.